The lowest BCUT2D eigenvalue weighted by Gasteiger charge is -2.38. The highest BCUT2D eigenvalue weighted by Gasteiger charge is 2.29. The minimum atomic E-state index is -0.0521. The Morgan fingerprint density at radius 1 is 1.05 bits per heavy atom. The summed E-state index contributed by atoms with van der Waals surface area (Å²) in [7, 11) is 0. The lowest BCUT2D eigenvalue weighted by molar-refractivity contribution is -0.114. The van der Waals surface area contributed by atoms with Gasteiger partial charge in [0.1, 0.15) is 0 Å². The van der Waals surface area contributed by atoms with E-state index in [0.717, 1.165) is 34.7 Å². The van der Waals surface area contributed by atoms with Crippen LogP contribution in [0.4, 0.5) is 5.69 Å². The van der Waals surface area contributed by atoms with Crippen molar-refractivity contribution in [1.82, 2.24) is 10.2 Å². The molecule has 1 N–H and O–H groups in total. The van der Waals surface area contributed by atoms with Crippen LogP contribution in [0.1, 0.15) is 85.0 Å². The van der Waals surface area contributed by atoms with E-state index in [9.17, 15) is 9.59 Å². The summed E-state index contributed by atoms with van der Waals surface area (Å²) in [5.74, 6) is -0.0565. The SMILES string of the molecule is CCC(C)N(CCNC(=O)c1ccc(/C=C2\Sc3ccccc3N(Cc3cc(C)ccc3C)C2=O)cc1)C1CCCCC1. The van der Waals surface area contributed by atoms with Gasteiger partial charge in [0, 0.05) is 35.6 Å². The van der Waals surface area contributed by atoms with Gasteiger partial charge in [-0.2, -0.15) is 0 Å². The first-order valence-corrected chi connectivity index (χ1v) is 16.7. The molecule has 6 heteroatoms. The van der Waals surface area contributed by atoms with Crippen molar-refractivity contribution in [2.24, 2.45) is 0 Å². The predicted molar refractivity (Wildman–Crippen MR) is 179 cm³/mol. The highest BCUT2D eigenvalue weighted by Crippen LogP contribution is 2.42. The van der Waals surface area contributed by atoms with Crippen molar-refractivity contribution in [3.63, 3.8) is 0 Å². The molecule has 0 radical (unpaired) electrons. The van der Waals surface area contributed by atoms with E-state index >= 15 is 0 Å². The number of anilines is 1. The highest BCUT2D eigenvalue weighted by molar-refractivity contribution is 8.04. The van der Waals surface area contributed by atoms with Gasteiger partial charge < -0.3 is 10.2 Å². The number of thioether (sulfide) groups is 1. The molecule has 1 heterocycles. The molecule has 2 amide bonds. The fraction of sp³-hybridized carbons (Fsp3) is 0.405. The molecule has 1 aliphatic heterocycles. The molecule has 0 saturated heterocycles. The molecule has 5 rings (SSSR count). The molecular formula is C37H45N3O2S. The minimum absolute atomic E-state index is 0.00440. The zero-order chi connectivity index (χ0) is 30.3. The number of para-hydroxylation sites is 1. The largest absolute Gasteiger partial charge is 0.351 e. The van der Waals surface area contributed by atoms with Gasteiger partial charge in [0.15, 0.2) is 0 Å². The van der Waals surface area contributed by atoms with Crippen LogP contribution in [0.25, 0.3) is 6.08 Å². The van der Waals surface area contributed by atoms with Gasteiger partial charge in [-0.25, -0.2) is 0 Å². The van der Waals surface area contributed by atoms with Gasteiger partial charge in [-0.05, 0) is 87.1 Å². The van der Waals surface area contributed by atoms with Crippen LogP contribution in [0.3, 0.4) is 0 Å². The van der Waals surface area contributed by atoms with E-state index in [-0.39, 0.29) is 11.8 Å². The number of benzene rings is 3. The Labute approximate surface area is 261 Å². The number of hydrogen-bond donors (Lipinski definition) is 1. The Morgan fingerprint density at radius 2 is 1.79 bits per heavy atom. The lowest BCUT2D eigenvalue weighted by Crippen LogP contribution is -2.46. The molecule has 0 aromatic heterocycles. The molecule has 3 aromatic rings. The third-order valence-corrected chi connectivity index (χ3v) is 10.1. The van der Waals surface area contributed by atoms with Gasteiger partial charge in [-0.15, -0.1) is 0 Å². The molecular weight excluding hydrogens is 550 g/mol. The Balaban J connectivity index is 1.26. The standard InChI is InChI=1S/C37H45N3O2S/c1-5-28(4)39(32-11-7-6-8-12-32)22-21-38-36(41)30-19-17-29(18-20-30)24-35-37(42)40(33-13-9-10-14-34(33)43-35)25-31-23-26(2)15-16-27(31)3/h9-10,13-20,23-24,28,32H,5-8,11-12,21-22,25H2,1-4H3,(H,38,41)/b35-24-. The molecule has 5 nitrogen and oxygen atoms in total. The molecule has 1 unspecified atom stereocenters. The third-order valence-electron chi connectivity index (χ3n) is 8.99. The average molecular weight is 596 g/mol. The van der Waals surface area contributed by atoms with E-state index in [2.05, 4.69) is 62.2 Å². The summed E-state index contributed by atoms with van der Waals surface area (Å²) < 4.78 is 0. The molecule has 1 aliphatic carbocycles. The van der Waals surface area contributed by atoms with Gasteiger partial charge in [0.25, 0.3) is 11.8 Å². The highest BCUT2D eigenvalue weighted by atomic mass is 32.2. The Kier molecular flexibility index (Phi) is 10.4. The number of fused-ring (bicyclic) bond motifs is 1. The first-order valence-electron chi connectivity index (χ1n) is 15.8. The first kappa shape index (κ1) is 31.1. The number of aryl methyl sites for hydroxylation is 2. The van der Waals surface area contributed by atoms with Crippen molar-refractivity contribution < 1.29 is 9.59 Å². The molecule has 0 spiro atoms. The average Bonchev–Trinajstić information content (AvgIpc) is 3.03. The zero-order valence-corrected chi connectivity index (χ0v) is 26.9. The lowest BCUT2D eigenvalue weighted by atomic mass is 9.93. The minimum Gasteiger partial charge on any atom is -0.351 e. The number of carbonyl (C=O) groups excluding carboxylic acids is 2. The molecule has 3 aromatic carbocycles. The third kappa shape index (κ3) is 7.60. The maximum absolute atomic E-state index is 13.8. The van der Waals surface area contributed by atoms with Crippen molar-refractivity contribution in [2.75, 3.05) is 18.0 Å². The monoisotopic (exact) mass is 595 g/mol. The van der Waals surface area contributed by atoms with Crippen molar-refractivity contribution >= 4 is 35.3 Å². The maximum atomic E-state index is 13.8. The normalized spacial score (nSPS) is 17.3. The van der Waals surface area contributed by atoms with Gasteiger partial charge in [-0.1, -0.05) is 86.0 Å². The van der Waals surface area contributed by atoms with Crippen molar-refractivity contribution in [2.45, 2.75) is 89.7 Å². The van der Waals surface area contributed by atoms with E-state index in [1.807, 2.05) is 53.4 Å². The topological polar surface area (TPSA) is 52.7 Å². The van der Waals surface area contributed by atoms with E-state index < -0.39 is 0 Å². The van der Waals surface area contributed by atoms with Gasteiger partial charge in [0.2, 0.25) is 0 Å². The predicted octanol–water partition coefficient (Wildman–Crippen LogP) is 8.15. The molecule has 0 bridgehead atoms. The molecule has 1 atom stereocenters. The molecule has 1 fully saturated rings. The van der Waals surface area contributed by atoms with Crippen molar-refractivity contribution in [3.8, 4) is 0 Å². The Morgan fingerprint density at radius 3 is 2.53 bits per heavy atom. The van der Waals surface area contributed by atoms with Gasteiger partial charge in [-0.3, -0.25) is 14.5 Å². The molecule has 1 saturated carbocycles. The zero-order valence-electron chi connectivity index (χ0n) is 26.1. The van der Waals surface area contributed by atoms with Crippen LogP contribution in [-0.4, -0.2) is 41.9 Å². The summed E-state index contributed by atoms with van der Waals surface area (Å²) >= 11 is 1.51. The molecule has 226 valence electrons. The van der Waals surface area contributed by atoms with Crippen LogP contribution in [0, 0.1) is 13.8 Å². The first-order chi connectivity index (χ1) is 20.8. The number of nitrogens with zero attached hydrogens (tertiary/aromatic N) is 2. The van der Waals surface area contributed by atoms with E-state index in [1.54, 1.807) is 0 Å². The Hall–Kier alpha value is -3.35. The van der Waals surface area contributed by atoms with Crippen LogP contribution in [0.2, 0.25) is 0 Å². The van der Waals surface area contributed by atoms with E-state index in [1.165, 1.54) is 55.0 Å². The number of nitrogens with one attached hydrogen (secondary N) is 1. The summed E-state index contributed by atoms with van der Waals surface area (Å²) in [6.07, 6.45) is 9.57. The number of hydrogen-bond acceptors (Lipinski definition) is 4. The number of rotatable bonds is 10. The van der Waals surface area contributed by atoms with Crippen LogP contribution in [0.5, 0.6) is 0 Å². The second-order valence-electron chi connectivity index (χ2n) is 12.1. The fourth-order valence-corrected chi connectivity index (χ4v) is 7.31. The van der Waals surface area contributed by atoms with Gasteiger partial charge in [0.05, 0.1) is 17.1 Å². The maximum Gasteiger partial charge on any atom is 0.265 e. The van der Waals surface area contributed by atoms with Crippen molar-refractivity contribution in [3.05, 3.63) is 99.5 Å². The van der Waals surface area contributed by atoms with Gasteiger partial charge >= 0.3 is 0 Å². The summed E-state index contributed by atoms with van der Waals surface area (Å²) in [6, 6.07) is 23.2. The molecule has 2 aliphatic rings. The quantitative estimate of drug-likeness (QED) is 0.240. The van der Waals surface area contributed by atoms with E-state index in [4.69, 9.17) is 0 Å². The summed E-state index contributed by atoms with van der Waals surface area (Å²) in [5, 5.41) is 3.14. The fourth-order valence-electron chi connectivity index (χ4n) is 6.25. The number of carbonyl (C=O) groups is 2. The summed E-state index contributed by atoms with van der Waals surface area (Å²) in [6.45, 7) is 10.8. The van der Waals surface area contributed by atoms with E-state index in [0.29, 0.717) is 35.6 Å². The summed E-state index contributed by atoms with van der Waals surface area (Å²) in [5.41, 5.74) is 5.99. The van der Waals surface area contributed by atoms with Crippen LogP contribution >= 0.6 is 11.8 Å². The molecule has 43 heavy (non-hydrogen) atoms. The van der Waals surface area contributed by atoms with Crippen molar-refractivity contribution in [1.29, 1.82) is 0 Å². The summed E-state index contributed by atoms with van der Waals surface area (Å²) in [4.78, 5) is 33.0. The second-order valence-corrected chi connectivity index (χ2v) is 13.1. The van der Waals surface area contributed by atoms with Crippen LogP contribution < -0.4 is 10.2 Å². The van der Waals surface area contributed by atoms with Crippen LogP contribution in [-0.2, 0) is 11.3 Å². The smallest absolute Gasteiger partial charge is 0.265 e. The van der Waals surface area contributed by atoms with Crippen LogP contribution in [0.15, 0.2) is 76.5 Å². The number of amides is 2. The Bertz CT molecular complexity index is 1460. The second kappa shape index (κ2) is 14.4.